The number of nitrogens with two attached hydrogens (primary N) is 1. The van der Waals surface area contributed by atoms with Crippen LogP contribution in [0.4, 0.5) is 10.2 Å². The molecular formula is C22H20BrFN6O. The molecule has 5 rings (SSSR count). The molecule has 9 heteroatoms. The number of pyridine rings is 1. The van der Waals surface area contributed by atoms with Gasteiger partial charge in [0.1, 0.15) is 16.5 Å². The number of fused-ring (bicyclic) bond motifs is 7. The highest BCUT2D eigenvalue weighted by Crippen LogP contribution is 2.37. The van der Waals surface area contributed by atoms with Gasteiger partial charge < -0.3 is 10.5 Å². The summed E-state index contributed by atoms with van der Waals surface area (Å²) >= 11 is 3.49. The van der Waals surface area contributed by atoms with Gasteiger partial charge >= 0.3 is 0 Å². The summed E-state index contributed by atoms with van der Waals surface area (Å²) in [6, 6.07) is 8.48. The zero-order chi connectivity index (χ0) is 21.7. The van der Waals surface area contributed by atoms with Crippen molar-refractivity contribution in [3.63, 3.8) is 0 Å². The molecule has 0 fully saturated rings. The van der Waals surface area contributed by atoms with Crippen LogP contribution in [-0.2, 0) is 13.1 Å². The molecule has 4 heterocycles. The van der Waals surface area contributed by atoms with E-state index in [4.69, 9.17) is 10.5 Å². The summed E-state index contributed by atoms with van der Waals surface area (Å²) in [6.45, 7) is 5.09. The summed E-state index contributed by atoms with van der Waals surface area (Å²) in [5.74, 6) is 0.394. The normalized spacial score (nSPS) is 15.2. The number of aromatic nitrogens is 5. The number of benzene rings is 1. The summed E-state index contributed by atoms with van der Waals surface area (Å²) in [5.41, 5.74) is 11.3. The van der Waals surface area contributed by atoms with Crippen LogP contribution >= 0.6 is 15.9 Å². The van der Waals surface area contributed by atoms with Gasteiger partial charge in [0, 0.05) is 35.0 Å². The van der Waals surface area contributed by atoms with Crippen molar-refractivity contribution in [1.29, 1.82) is 0 Å². The molecule has 4 aromatic rings. The summed E-state index contributed by atoms with van der Waals surface area (Å²) in [7, 11) is 0. The topological polar surface area (TPSA) is 83.8 Å². The van der Waals surface area contributed by atoms with Gasteiger partial charge in [-0.1, -0.05) is 0 Å². The quantitative estimate of drug-likeness (QED) is 0.420. The molecule has 1 atom stereocenters. The minimum absolute atomic E-state index is 0.280. The van der Waals surface area contributed by atoms with E-state index in [9.17, 15) is 4.39 Å². The van der Waals surface area contributed by atoms with Crippen molar-refractivity contribution < 1.29 is 9.13 Å². The fraction of sp³-hybridized carbons (Fsp3) is 0.227. The van der Waals surface area contributed by atoms with E-state index < -0.39 is 6.10 Å². The third-order valence-corrected chi connectivity index (χ3v) is 5.86. The molecular weight excluding hydrogens is 463 g/mol. The van der Waals surface area contributed by atoms with E-state index in [1.165, 1.54) is 12.1 Å². The number of ether oxygens (including phenoxy) is 1. The third-order valence-electron chi connectivity index (χ3n) is 5.47. The van der Waals surface area contributed by atoms with Gasteiger partial charge in [0.2, 0.25) is 0 Å². The molecule has 158 valence electrons. The zero-order valence-electron chi connectivity index (χ0n) is 17.0. The lowest BCUT2D eigenvalue weighted by molar-refractivity contribution is 0.227. The molecule has 2 N–H and O–H groups in total. The Balaban J connectivity index is 1.81. The number of hydrogen-bond acceptors (Lipinski definition) is 5. The highest BCUT2D eigenvalue weighted by molar-refractivity contribution is 9.10. The number of hydrogen-bond donors (Lipinski definition) is 1. The first-order valence-electron chi connectivity index (χ1n) is 9.95. The Kier molecular flexibility index (Phi) is 4.77. The smallest absolute Gasteiger partial charge is 0.166 e. The molecule has 0 unspecified atom stereocenters. The second kappa shape index (κ2) is 7.49. The monoisotopic (exact) mass is 482 g/mol. The fourth-order valence-electron chi connectivity index (χ4n) is 4.03. The zero-order valence-corrected chi connectivity index (χ0v) is 18.6. The molecule has 7 nitrogen and oxygen atoms in total. The van der Waals surface area contributed by atoms with E-state index in [1.54, 1.807) is 12.3 Å². The van der Waals surface area contributed by atoms with Crippen LogP contribution in [0.2, 0.25) is 0 Å². The number of anilines is 1. The first-order chi connectivity index (χ1) is 14.9. The molecule has 1 aliphatic heterocycles. The molecule has 1 aromatic carbocycles. The predicted molar refractivity (Wildman–Crippen MR) is 119 cm³/mol. The summed E-state index contributed by atoms with van der Waals surface area (Å²) < 4.78 is 24.9. The Labute approximate surface area is 186 Å². The molecule has 2 bridgehead atoms. The van der Waals surface area contributed by atoms with Crippen LogP contribution in [0.25, 0.3) is 22.5 Å². The maximum absolute atomic E-state index is 14.2. The predicted octanol–water partition coefficient (Wildman–Crippen LogP) is 4.81. The van der Waals surface area contributed by atoms with E-state index >= 15 is 0 Å². The average Bonchev–Trinajstić information content (AvgIpc) is 3.32. The van der Waals surface area contributed by atoms with Gasteiger partial charge in [-0.2, -0.15) is 10.2 Å². The lowest BCUT2D eigenvalue weighted by atomic mass is 9.99. The number of aryl methyl sites for hydroxylation is 1. The van der Waals surface area contributed by atoms with Crippen molar-refractivity contribution in [3.8, 4) is 28.3 Å². The van der Waals surface area contributed by atoms with Gasteiger partial charge in [-0.15, -0.1) is 0 Å². The van der Waals surface area contributed by atoms with Crippen LogP contribution in [-0.4, -0.2) is 24.5 Å². The Morgan fingerprint density at radius 3 is 2.90 bits per heavy atom. The van der Waals surface area contributed by atoms with Gasteiger partial charge in [-0.3, -0.25) is 9.36 Å². The maximum Gasteiger partial charge on any atom is 0.166 e. The van der Waals surface area contributed by atoms with E-state index in [2.05, 4.69) is 31.1 Å². The molecule has 0 radical (unpaired) electrons. The molecule has 0 aliphatic carbocycles. The largest absolute Gasteiger partial charge is 0.482 e. The molecule has 0 saturated heterocycles. The molecule has 3 aromatic heterocycles. The van der Waals surface area contributed by atoms with E-state index in [0.29, 0.717) is 29.0 Å². The minimum atomic E-state index is -0.470. The second-order valence-corrected chi connectivity index (χ2v) is 8.26. The Hall–Kier alpha value is -3.20. The lowest BCUT2D eigenvalue weighted by Crippen LogP contribution is -2.12. The number of nitrogen functional groups attached to an aromatic ring is 1. The van der Waals surface area contributed by atoms with Crippen LogP contribution in [0.5, 0.6) is 5.75 Å². The van der Waals surface area contributed by atoms with Crippen LogP contribution in [0, 0.1) is 5.82 Å². The van der Waals surface area contributed by atoms with Gasteiger partial charge in [-0.25, -0.2) is 9.37 Å². The number of rotatable bonds is 1. The van der Waals surface area contributed by atoms with Crippen molar-refractivity contribution in [2.24, 2.45) is 0 Å². The lowest BCUT2D eigenvalue weighted by Gasteiger charge is -2.21. The number of halogens is 2. The van der Waals surface area contributed by atoms with Crippen LogP contribution in [0.1, 0.15) is 31.1 Å². The van der Waals surface area contributed by atoms with Crippen LogP contribution < -0.4 is 10.5 Å². The van der Waals surface area contributed by atoms with Crippen molar-refractivity contribution in [1.82, 2.24) is 24.5 Å². The molecule has 0 saturated carbocycles. The van der Waals surface area contributed by atoms with Gasteiger partial charge in [0.25, 0.3) is 0 Å². The van der Waals surface area contributed by atoms with Crippen molar-refractivity contribution in [2.45, 2.75) is 33.0 Å². The molecule has 0 spiro atoms. The first-order valence-corrected chi connectivity index (χ1v) is 10.7. The summed E-state index contributed by atoms with van der Waals surface area (Å²) in [6.07, 6.45) is 3.09. The Morgan fingerprint density at radius 2 is 2.10 bits per heavy atom. The summed E-state index contributed by atoms with van der Waals surface area (Å²) in [4.78, 5) is 4.35. The molecule has 0 amide bonds. The SMILES string of the molecule is CCn1ncc2c1-c1cnc(N)c(c1)O[C@H](C)c1cc(F)ccc1-c1cc(Br)nn1C2. The van der Waals surface area contributed by atoms with Crippen molar-refractivity contribution in [3.05, 3.63) is 64.3 Å². The van der Waals surface area contributed by atoms with Gasteiger partial charge in [0.05, 0.1) is 24.1 Å². The molecule has 1 aliphatic rings. The van der Waals surface area contributed by atoms with Crippen LogP contribution in [0.3, 0.4) is 0 Å². The highest BCUT2D eigenvalue weighted by atomic mass is 79.9. The van der Waals surface area contributed by atoms with Gasteiger partial charge in [-0.05, 0) is 60.1 Å². The Bertz CT molecular complexity index is 1300. The Morgan fingerprint density at radius 1 is 1.26 bits per heavy atom. The second-order valence-electron chi connectivity index (χ2n) is 7.44. The third kappa shape index (κ3) is 3.38. The highest BCUT2D eigenvalue weighted by Gasteiger charge is 2.23. The minimum Gasteiger partial charge on any atom is -0.482 e. The van der Waals surface area contributed by atoms with Crippen molar-refractivity contribution in [2.75, 3.05) is 5.73 Å². The van der Waals surface area contributed by atoms with E-state index in [0.717, 1.165) is 28.1 Å². The standard InChI is InChI=1S/C22H20BrFN6O/c1-3-29-21-13-6-19(22(25)26-9-13)31-12(2)17-7-15(24)4-5-16(17)18-8-20(23)28-30(18)11-14(21)10-27-29/h4-10,12H,3,11H2,1-2H3,(H2,25,26)/t12-/m1/s1. The van der Waals surface area contributed by atoms with Crippen LogP contribution in [0.15, 0.2) is 47.3 Å². The van der Waals surface area contributed by atoms with Crippen molar-refractivity contribution >= 4 is 21.7 Å². The average molecular weight is 483 g/mol. The number of nitrogens with zero attached hydrogens (tertiary/aromatic N) is 5. The first kappa shape index (κ1) is 19.7. The fourth-order valence-corrected chi connectivity index (χ4v) is 4.44. The van der Waals surface area contributed by atoms with E-state index in [-0.39, 0.29) is 11.6 Å². The molecule has 31 heavy (non-hydrogen) atoms. The summed E-state index contributed by atoms with van der Waals surface area (Å²) in [5, 5.41) is 9.18. The van der Waals surface area contributed by atoms with Gasteiger partial charge in [0.15, 0.2) is 11.6 Å². The van der Waals surface area contributed by atoms with E-state index in [1.807, 2.05) is 41.5 Å². The maximum atomic E-state index is 14.2.